The third kappa shape index (κ3) is 6.32. The number of ether oxygens (including phenoxy) is 3. The Bertz CT molecular complexity index is 1080. The maximum absolute atomic E-state index is 11.6. The summed E-state index contributed by atoms with van der Waals surface area (Å²) in [7, 11) is 4.99. The zero-order valence-electron chi connectivity index (χ0n) is 19.7. The fraction of sp³-hybridized carbons (Fsp3) is 0.478. The first-order valence-corrected chi connectivity index (χ1v) is 11.0. The number of imidazole rings is 1. The molecule has 0 bridgehead atoms. The van der Waals surface area contributed by atoms with Crippen LogP contribution in [0.3, 0.4) is 0 Å². The molecule has 10 heteroatoms. The molecule has 2 N–H and O–H groups in total. The van der Waals surface area contributed by atoms with E-state index in [4.69, 9.17) is 19.9 Å². The second-order valence-electron chi connectivity index (χ2n) is 7.83. The summed E-state index contributed by atoms with van der Waals surface area (Å²) in [5.74, 6) is 0.0122. The van der Waals surface area contributed by atoms with Gasteiger partial charge in [0.25, 0.3) is 6.01 Å². The molecule has 2 heterocycles. The molecule has 0 spiro atoms. The molecule has 0 aliphatic heterocycles. The number of unbranched alkanes of at least 4 members (excludes halogenated alkanes) is 1. The molecule has 0 amide bonds. The van der Waals surface area contributed by atoms with Crippen LogP contribution in [0, 0.1) is 0 Å². The van der Waals surface area contributed by atoms with E-state index in [9.17, 15) is 4.79 Å². The highest BCUT2D eigenvalue weighted by molar-refractivity contribution is 5.83. The maximum Gasteiger partial charge on any atom is 0.320 e. The molecule has 0 aliphatic carbocycles. The molecule has 0 atom stereocenters. The lowest BCUT2D eigenvalue weighted by molar-refractivity contribution is -0.139. The van der Waals surface area contributed by atoms with Crippen molar-refractivity contribution in [2.75, 3.05) is 40.2 Å². The van der Waals surface area contributed by atoms with Gasteiger partial charge < -0.3 is 24.8 Å². The number of benzene rings is 1. The van der Waals surface area contributed by atoms with Gasteiger partial charge in [0.1, 0.15) is 0 Å². The molecule has 0 radical (unpaired) electrons. The number of carbonyl (C=O) groups excluding carboxylic acids is 1. The molecule has 0 unspecified atom stereocenters. The van der Waals surface area contributed by atoms with E-state index in [1.807, 2.05) is 35.9 Å². The Morgan fingerprint density at radius 3 is 2.70 bits per heavy atom. The molecule has 3 rings (SSSR count). The number of methoxy groups -OCH3 is 2. The predicted molar refractivity (Wildman–Crippen MR) is 125 cm³/mol. The molecule has 178 valence electrons. The highest BCUT2D eigenvalue weighted by Crippen LogP contribution is 2.25. The van der Waals surface area contributed by atoms with Gasteiger partial charge in [0.05, 0.1) is 27.2 Å². The Kier molecular flexibility index (Phi) is 8.42. The average Bonchev–Trinajstić information content (AvgIpc) is 3.16. The van der Waals surface area contributed by atoms with Gasteiger partial charge in [-0.1, -0.05) is 37.6 Å². The van der Waals surface area contributed by atoms with E-state index >= 15 is 0 Å². The van der Waals surface area contributed by atoms with E-state index in [-0.39, 0.29) is 24.2 Å². The van der Waals surface area contributed by atoms with Gasteiger partial charge in [0, 0.05) is 19.6 Å². The lowest BCUT2D eigenvalue weighted by Gasteiger charge is -2.18. The number of likely N-dealkylation sites (N-methyl/N-ethyl adjacent to an activating group) is 1. The first-order valence-electron chi connectivity index (χ1n) is 11.0. The quantitative estimate of drug-likeness (QED) is 0.324. The minimum absolute atomic E-state index is 0.244. The average molecular weight is 457 g/mol. The fourth-order valence-corrected chi connectivity index (χ4v) is 3.45. The third-order valence-corrected chi connectivity index (χ3v) is 5.20. The Labute approximate surface area is 193 Å². The van der Waals surface area contributed by atoms with Crippen LogP contribution in [0.1, 0.15) is 30.9 Å². The number of hydrogen-bond acceptors (Lipinski definition) is 9. The molecular formula is C23H32N6O4. The summed E-state index contributed by atoms with van der Waals surface area (Å²) in [4.78, 5) is 26.9. The number of rotatable bonds is 12. The van der Waals surface area contributed by atoms with Crippen molar-refractivity contribution in [3.05, 3.63) is 35.4 Å². The third-order valence-electron chi connectivity index (χ3n) is 5.20. The number of aromatic nitrogens is 4. The fourth-order valence-electron chi connectivity index (χ4n) is 3.45. The Morgan fingerprint density at radius 1 is 1.18 bits per heavy atom. The summed E-state index contributed by atoms with van der Waals surface area (Å²) in [6.45, 7) is 4.63. The molecule has 0 aliphatic rings. The zero-order chi connectivity index (χ0) is 23.8. The predicted octanol–water partition coefficient (Wildman–Crippen LogP) is 2.44. The molecule has 2 aromatic heterocycles. The summed E-state index contributed by atoms with van der Waals surface area (Å²) in [6, 6.07) is 8.60. The first kappa shape index (κ1) is 24.2. The molecule has 0 saturated carbocycles. The lowest BCUT2D eigenvalue weighted by atomic mass is 10.1. The second kappa shape index (κ2) is 11.5. The zero-order valence-corrected chi connectivity index (χ0v) is 19.7. The van der Waals surface area contributed by atoms with Gasteiger partial charge in [-0.3, -0.25) is 9.36 Å². The first-order chi connectivity index (χ1) is 15.9. The number of nitrogen functional groups attached to an aromatic ring is 1. The summed E-state index contributed by atoms with van der Waals surface area (Å²) in [5, 5.41) is 0. The lowest BCUT2D eigenvalue weighted by Crippen LogP contribution is -2.23. The van der Waals surface area contributed by atoms with E-state index in [1.165, 1.54) is 7.11 Å². The van der Waals surface area contributed by atoms with Crippen LogP contribution in [0.5, 0.6) is 12.0 Å². The number of esters is 1. The van der Waals surface area contributed by atoms with Crippen LogP contribution in [-0.2, 0) is 29.0 Å². The van der Waals surface area contributed by atoms with Gasteiger partial charge in [0.15, 0.2) is 17.0 Å². The molecule has 33 heavy (non-hydrogen) atoms. The van der Waals surface area contributed by atoms with Crippen LogP contribution in [0.15, 0.2) is 24.3 Å². The standard InChI is InChI=1S/C23H32N6O4/c1-5-6-12-33-22-26-20(24)19-21(27-22)29(23(25-19)32-4)11-10-28(2)15-17-9-7-8-16(13-17)14-18(30)31-3/h7-9,13H,5-6,10-12,14-15H2,1-4H3,(H2,24,26,27). The maximum atomic E-state index is 11.6. The summed E-state index contributed by atoms with van der Waals surface area (Å²) < 4.78 is 17.8. The Hall–Kier alpha value is -3.40. The van der Waals surface area contributed by atoms with Crippen molar-refractivity contribution >= 4 is 23.0 Å². The van der Waals surface area contributed by atoms with Crippen LogP contribution < -0.4 is 15.2 Å². The van der Waals surface area contributed by atoms with Crippen molar-refractivity contribution in [1.82, 2.24) is 24.4 Å². The van der Waals surface area contributed by atoms with Crippen LogP contribution >= 0.6 is 0 Å². The minimum Gasteiger partial charge on any atom is -0.469 e. The van der Waals surface area contributed by atoms with Crippen molar-refractivity contribution < 1.29 is 19.0 Å². The van der Waals surface area contributed by atoms with E-state index in [1.54, 1.807) is 7.11 Å². The SMILES string of the molecule is CCCCOc1nc(N)c2nc(OC)n(CCN(C)Cc3cccc(CC(=O)OC)c3)c2n1. The van der Waals surface area contributed by atoms with Gasteiger partial charge in [0.2, 0.25) is 0 Å². The number of nitrogens with zero attached hydrogens (tertiary/aromatic N) is 5. The van der Waals surface area contributed by atoms with Crippen LogP contribution in [0.4, 0.5) is 5.82 Å². The van der Waals surface area contributed by atoms with Gasteiger partial charge in [-0.05, 0) is 24.6 Å². The largest absolute Gasteiger partial charge is 0.469 e. The second-order valence-corrected chi connectivity index (χ2v) is 7.83. The summed E-state index contributed by atoms with van der Waals surface area (Å²) in [6.07, 6.45) is 2.19. The Balaban J connectivity index is 1.72. The molecule has 1 aromatic carbocycles. The highest BCUT2D eigenvalue weighted by Gasteiger charge is 2.18. The molecule has 10 nitrogen and oxygen atoms in total. The van der Waals surface area contributed by atoms with Crippen LogP contribution in [0.2, 0.25) is 0 Å². The molecular weight excluding hydrogens is 424 g/mol. The topological polar surface area (TPSA) is 118 Å². The molecule has 3 aromatic rings. The van der Waals surface area contributed by atoms with E-state index < -0.39 is 0 Å². The summed E-state index contributed by atoms with van der Waals surface area (Å²) >= 11 is 0. The smallest absolute Gasteiger partial charge is 0.320 e. The minimum atomic E-state index is -0.251. The van der Waals surface area contributed by atoms with Crippen molar-refractivity contribution in [2.45, 2.75) is 39.3 Å². The van der Waals surface area contributed by atoms with E-state index in [0.29, 0.717) is 43.4 Å². The molecule has 0 saturated heterocycles. The van der Waals surface area contributed by atoms with Gasteiger partial charge in [-0.25, -0.2) is 0 Å². The number of anilines is 1. The number of hydrogen-bond donors (Lipinski definition) is 1. The van der Waals surface area contributed by atoms with E-state index in [0.717, 1.165) is 24.0 Å². The van der Waals surface area contributed by atoms with Crippen LogP contribution in [0.25, 0.3) is 11.2 Å². The number of fused-ring (bicyclic) bond motifs is 1. The van der Waals surface area contributed by atoms with Crippen molar-refractivity contribution in [3.8, 4) is 12.0 Å². The number of carbonyl (C=O) groups is 1. The number of nitrogens with two attached hydrogens (primary N) is 1. The molecule has 0 fully saturated rings. The van der Waals surface area contributed by atoms with Gasteiger partial charge in [-0.15, -0.1) is 0 Å². The van der Waals surface area contributed by atoms with Gasteiger partial charge in [-0.2, -0.15) is 15.0 Å². The normalized spacial score (nSPS) is 11.2. The Morgan fingerprint density at radius 2 is 1.97 bits per heavy atom. The van der Waals surface area contributed by atoms with Crippen molar-refractivity contribution in [3.63, 3.8) is 0 Å². The summed E-state index contributed by atoms with van der Waals surface area (Å²) in [5.41, 5.74) is 9.22. The van der Waals surface area contributed by atoms with Gasteiger partial charge >= 0.3 is 12.0 Å². The van der Waals surface area contributed by atoms with E-state index in [2.05, 4.69) is 26.8 Å². The monoisotopic (exact) mass is 456 g/mol. The van der Waals surface area contributed by atoms with Crippen molar-refractivity contribution in [2.24, 2.45) is 0 Å². The highest BCUT2D eigenvalue weighted by atomic mass is 16.5. The van der Waals surface area contributed by atoms with Crippen molar-refractivity contribution in [1.29, 1.82) is 0 Å². The van der Waals surface area contributed by atoms with Crippen LogP contribution in [-0.4, -0.2) is 64.8 Å².